The van der Waals surface area contributed by atoms with E-state index in [0.29, 0.717) is 5.95 Å². The number of para-hydroxylation sites is 1. The van der Waals surface area contributed by atoms with Crippen LogP contribution in [0.2, 0.25) is 0 Å². The van der Waals surface area contributed by atoms with Crippen molar-refractivity contribution in [3.63, 3.8) is 0 Å². The Balaban J connectivity index is 2.13. The van der Waals surface area contributed by atoms with E-state index < -0.39 is 0 Å². The van der Waals surface area contributed by atoms with Gasteiger partial charge < -0.3 is 5.73 Å². The molecule has 1 heterocycles. The van der Waals surface area contributed by atoms with Gasteiger partial charge in [0.05, 0.1) is 5.52 Å². The van der Waals surface area contributed by atoms with E-state index >= 15 is 0 Å². The third kappa shape index (κ3) is 2.57. The number of halogens is 1. The fourth-order valence-electron chi connectivity index (χ4n) is 1.77. The van der Waals surface area contributed by atoms with E-state index in [9.17, 15) is 0 Å². The van der Waals surface area contributed by atoms with E-state index in [-0.39, 0.29) is 0 Å². The molecule has 0 spiro atoms. The molecule has 0 fully saturated rings. The molecule has 0 saturated heterocycles. The first kappa shape index (κ1) is 12.4. The zero-order chi connectivity index (χ0) is 13.2. The summed E-state index contributed by atoms with van der Waals surface area (Å²) in [5.74, 6) is 0.299. The van der Waals surface area contributed by atoms with E-state index in [1.807, 2.05) is 48.5 Å². The van der Waals surface area contributed by atoms with Gasteiger partial charge in [0.25, 0.3) is 0 Å². The van der Waals surface area contributed by atoms with Gasteiger partial charge in [-0.25, -0.2) is 9.97 Å². The zero-order valence-corrected chi connectivity index (χ0v) is 12.3. The Bertz CT molecular complexity index is 746. The minimum absolute atomic E-state index is 0.299. The van der Waals surface area contributed by atoms with E-state index in [2.05, 4.69) is 25.9 Å². The maximum absolute atomic E-state index is 5.77. The number of hydrogen-bond acceptors (Lipinski definition) is 4. The smallest absolute Gasteiger partial charge is 0.221 e. The maximum atomic E-state index is 5.77. The molecule has 0 atom stereocenters. The Kier molecular flexibility index (Phi) is 3.40. The first-order valence-electron chi connectivity index (χ1n) is 5.69. The van der Waals surface area contributed by atoms with Crippen LogP contribution in [-0.4, -0.2) is 9.97 Å². The summed E-state index contributed by atoms with van der Waals surface area (Å²) in [7, 11) is 0. The van der Waals surface area contributed by atoms with E-state index in [1.165, 1.54) is 0 Å². The number of nitrogens with two attached hydrogens (primary N) is 1. The van der Waals surface area contributed by atoms with Crippen LogP contribution in [0, 0.1) is 0 Å². The number of hydrogen-bond donors (Lipinski definition) is 1. The number of nitrogen functional groups attached to an aromatic ring is 1. The minimum atomic E-state index is 0.299. The molecule has 3 aromatic rings. The molecule has 0 unspecified atom stereocenters. The summed E-state index contributed by atoms with van der Waals surface area (Å²) in [5, 5.41) is 1.88. The Morgan fingerprint density at radius 3 is 2.53 bits per heavy atom. The lowest BCUT2D eigenvalue weighted by Gasteiger charge is -2.07. The molecule has 0 aliphatic carbocycles. The molecular weight excluding hydrogens is 322 g/mol. The average Bonchev–Trinajstić information content (AvgIpc) is 2.41. The monoisotopic (exact) mass is 331 g/mol. The second kappa shape index (κ2) is 5.19. The van der Waals surface area contributed by atoms with Gasteiger partial charge >= 0.3 is 0 Å². The van der Waals surface area contributed by atoms with Gasteiger partial charge in [-0.15, -0.1) is 0 Å². The maximum Gasteiger partial charge on any atom is 0.221 e. The summed E-state index contributed by atoms with van der Waals surface area (Å²) in [4.78, 5) is 9.69. The van der Waals surface area contributed by atoms with Crippen molar-refractivity contribution in [2.75, 3.05) is 5.73 Å². The Labute approximate surface area is 123 Å². The van der Waals surface area contributed by atoms with Gasteiger partial charge in [-0.05, 0) is 34.1 Å². The first-order valence-corrected chi connectivity index (χ1v) is 7.29. The molecule has 2 N–H and O–H groups in total. The van der Waals surface area contributed by atoms with Gasteiger partial charge in [0.1, 0.15) is 5.03 Å². The van der Waals surface area contributed by atoms with Gasteiger partial charge in [0.2, 0.25) is 5.95 Å². The Morgan fingerprint density at radius 1 is 0.947 bits per heavy atom. The Hall–Kier alpha value is -1.59. The fourth-order valence-corrected chi connectivity index (χ4v) is 3.24. The third-order valence-electron chi connectivity index (χ3n) is 2.63. The molecule has 94 valence electrons. The molecule has 0 saturated carbocycles. The molecule has 0 amide bonds. The lowest BCUT2D eigenvalue weighted by molar-refractivity contribution is 1.12. The molecule has 19 heavy (non-hydrogen) atoms. The highest BCUT2D eigenvalue weighted by molar-refractivity contribution is 9.10. The SMILES string of the molecule is Nc1nc(Sc2ccccc2Br)c2ccccc2n1. The number of aromatic nitrogens is 2. The third-order valence-corrected chi connectivity index (χ3v) is 4.66. The van der Waals surface area contributed by atoms with E-state index in [4.69, 9.17) is 5.73 Å². The first-order chi connectivity index (χ1) is 9.24. The van der Waals surface area contributed by atoms with Crippen LogP contribution in [0.3, 0.4) is 0 Å². The second-order valence-electron chi connectivity index (χ2n) is 3.94. The normalized spacial score (nSPS) is 10.8. The van der Waals surface area contributed by atoms with Gasteiger partial charge in [-0.3, -0.25) is 0 Å². The fraction of sp³-hybridized carbons (Fsp3) is 0. The molecular formula is C14H10BrN3S. The molecule has 2 aromatic carbocycles. The average molecular weight is 332 g/mol. The molecule has 0 bridgehead atoms. The summed E-state index contributed by atoms with van der Waals surface area (Å²) in [6.45, 7) is 0. The van der Waals surface area contributed by atoms with Crippen LogP contribution in [-0.2, 0) is 0 Å². The highest BCUT2D eigenvalue weighted by Crippen LogP contribution is 2.35. The Morgan fingerprint density at radius 2 is 1.68 bits per heavy atom. The highest BCUT2D eigenvalue weighted by Gasteiger charge is 2.09. The summed E-state index contributed by atoms with van der Waals surface area (Å²) in [5.41, 5.74) is 6.63. The van der Waals surface area contributed by atoms with Crippen molar-refractivity contribution >= 4 is 44.5 Å². The van der Waals surface area contributed by atoms with Crippen molar-refractivity contribution in [2.24, 2.45) is 0 Å². The summed E-state index contributed by atoms with van der Waals surface area (Å²) in [6.07, 6.45) is 0. The van der Waals surface area contributed by atoms with Crippen LogP contribution in [0.15, 0.2) is 62.9 Å². The lowest BCUT2D eigenvalue weighted by Crippen LogP contribution is -1.97. The summed E-state index contributed by atoms with van der Waals surface area (Å²) < 4.78 is 1.04. The van der Waals surface area contributed by atoms with Crippen molar-refractivity contribution in [3.05, 3.63) is 53.0 Å². The van der Waals surface area contributed by atoms with E-state index in [1.54, 1.807) is 11.8 Å². The molecule has 3 nitrogen and oxygen atoms in total. The summed E-state index contributed by atoms with van der Waals surface area (Å²) in [6, 6.07) is 15.9. The predicted molar refractivity (Wildman–Crippen MR) is 82.2 cm³/mol. The molecule has 0 aliphatic heterocycles. The van der Waals surface area contributed by atoms with Crippen molar-refractivity contribution < 1.29 is 0 Å². The van der Waals surface area contributed by atoms with Crippen LogP contribution >= 0.6 is 27.7 Å². The topological polar surface area (TPSA) is 51.8 Å². The van der Waals surface area contributed by atoms with E-state index in [0.717, 1.165) is 25.3 Å². The van der Waals surface area contributed by atoms with Gasteiger partial charge in [-0.2, -0.15) is 0 Å². The van der Waals surface area contributed by atoms with Crippen LogP contribution in [0.1, 0.15) is 0 Å². The molecule has 0 radical (unpaired) electrons. The number of anilines is 1. The molecule has 5 heteroatoms. The summed E-state index contributed by atoms with van der Waals surface area (Å²) >= 11 is 5.12. The molecule has 0 aliphatic rings. The molecule has 1 aromatic heterocycles. The van der Waals surface area contributed by atoms with Gasteiger partial charge in [-0.1, -0.05) is 42.1 Å². The standard InChI is InChI=1S/C14H10BrN3S/c15-10-6-2-4-8-12(10)19-13-9-5-1-3-7-11(9)17-14(16)18-13/h1-8H,(H2,16,17,18). The second-order valence-corrected chi connectivity index (χ2v) is 5.82. The highest BCUT2D eigenvalue weighted by atomic mass is 79.9. The van der Waals surface area contributed by atoms with Gasteiger partial charge in [0, 0.05) is 14.8 Å². The van der Waals surface area contributed by atoms with Crippen molar-refractivity contribution in [1.82, 2.24) is 9.97 Å². The number of fused-ring (bicyclic) bond motifs is 1. The zero-order valence-electron chi connectivity index (χ0n) is 9.88. The van der Waals surface area contributed by atoms with Crippen molar-refractivity contribution in [2.45, 2.75) is 9.92 Å². The van der Waals surface area contributed by atoms with Crippen LogP contribution in [0.4, 0.5) is 5.95 Å². The van der Waals surface area contributed by atoms with Crippen molar-refractivity contribution in [1.29, 1.82) is 0 Å². The van der Waals surface area contributed by atoms with Crippen LogP contribution < -0.4 is 5.73 Å². The predicted octanol–water partition coefficient (Wildman–Crippen LogP) is 4.13. The number of rotatable bonds is 2. The number of benzene rings is 2. The number of nitrogens with zero attached hydrogens (tertiary/aromatic N) is 2. The minimum Gasteiger partial charge on any atom is -0.368 e. The molecule has 3 rings (SSSR count). The van der Waals surface area contributed by atoms with Gasteiger partial charge in [0.15, 0.2) is 0 Å². The van der Waals surface area contributed by atoms with Crippen molar-refractivity contribution in [3.8, 4) is 0 Å². The van der Waals surface area contributed by atoms with Crippen LogP contribution in [0.25, 0.3) is 10.9 Å². The largest absolute Gasteiger partial charge is 0.368 e. The lowest BCUT2D eigenvalue weighted by atomic mass is 10.2. The van der Waals surface area contributed by atoms with Crippen LogP contribution in [0.5, 0.6) is 0 Å². The quantitative estimate of drug-likeness (QED) is 0.717.